The number of carbonyl (C=O) groups excluding carboxylic acids is 5. The van der Waals surface area contributed by atoms with Crippen molar-refractivity contribution in [3.05, 3.63) is 130 Å². The molecule has 342 valence electrons. The minimum absolute atomic E-state index is 0.0210. The molecule has 5 unspecified atom stereocenters. The van der Waals surface area contributed by atoms with Gasteiger partial charge in [-0.1, -0.05) is 128 Å². The van der Waals surface area contributed by atoms with Gasteiger partial charge in [0.05, 0.1) is 0 Å². The third kappa shape index (κ3) is 18.1. The van der Waals surface area contributed by atoms with Gasteiger partial charge in [-0.3, -0.25) is 28.8 Å². The van der Waals surface area contributed by atoms with E-state index in [1.165, 1.54) is 7.05 Å². The number of hydrogen-bond acceptors (Lipinski definition) is 10. The number of amides is 2. The van der Waals surface area contributed by atoms with Crippen LogP contribution in [0.3, 0.4) is 0 Å². The number of aliphatic hydroxyl groups is 1. The molecule has 0 aromatic carbocycles. The lowest BCUT2D eigenvalue weighted by atomic mass is 9.71. The second kappa shape index (κ2) is 26.3. The van der Waals surface area contributed by atoms with Crippen molar-refractivity contribution in [2.45, 2.75) is 112 Å². The topological polar surface area (TPSA) is 188 Å². The highest BCUT2D eigenvalue weighted by Crippen LogP contribution is 2.39. The molecule has 13 heteroatoms. The number of allylic oxidation sites excluding steroid dienone is 20. The summed E-state index contributed by atoms with van der Waals surface area (Å²) in [6.07, 6.45) is 26.5. The normalized spacial score (nSPS) is 21.7. The Labute approximate surface area is 378 Å². The number of carboxylic acids is 1. The van der Waals surface area contributed by atoms with Crippen molar-refractivity contribution < 1.29 is 43.7 Å². The van der Waals surface area contributed by atoms with Crippen LogP contribution in [-0.4, -0.2) is 89.2 Å². The lowest BCUT2D eigenvalue weighted by Crippen LogP contribution is -2.49. The maximum atomic E-state index is 13.2. The van der Waals surface area contributed by atoms with Gasteiger partial charge in [0.15, 0.2) is 17.7 Å². The zero-order valence-corrected chi connectivity index (χ0v) is 39.3. The predicted molar refractivity (Wildman–Crippen MR) is 253 cm³/mol. The number of thiol groups is 1. The van der Waals surface area contributed by atoms with Crippen molar-refractivity contribution >= 4 is 47.9 Å². The Kier molecular flexibility index (Phi) is 22.4. The molecule has 0 spiro atoms. The van der Waals surface area contributed by atoms with Crippen LogP contribution in [0.15, 0.2) is 130 Å². The van der Waals surface area contributed by atoms with E-state index in [0.717, 1.165) is 33.4 Å². The largest absolute Gasteiger partial charge is 0.480 e. The van der Waals surface area contributed by atoms with Crippen LogP contribution >= 0.6 is 12.6 Å². The number of aliphatic carboxylic acids is 1. The fourth-order valence-electron chi connectivity index (χ4n) is 7.01. The first-order valence-corrected chi connectivity index (χ1v) is 21.8. The molecule has 2 aliphatic rings. The van der Waals surface area contributed by atoms with E-state index >= 15 is 0 Å². The summed E-state index contributed by atoms with van der Waals surface area (Å²) in [5, 5.41) is 26.7. The van der Waals surface area contributed by atoms with Gasteiger partial charge in [0.25, 0.3) is 0 Å². The minimum Gasteiger partial charge on any atom is -0.480 e. The number of Topliss-reactive ketones (excluding diaryl/α,β-unsaturated/α-hetero) is 2. The Morgan fingerprint density at radius 2 is 1.37 bits per heavy atom. The van der Waals surface area contributed by atoms with Crippen LogP contribution in [0.5, 0.6) is 0 Å². The summed E-state index contributed by atoms with van der Waals surface area (Å²) in [5.41, 5.74) is 6.80. The summed E-state index contributed by atoms with van der Waals surface area (Å²) in [5.74, 6) is -3.75. The van der Waals surface area contributed by atoms with E-state index in [2.05, 4.69) is 28.6 Å². The molecule has 2 aliphatic carbocycles. The van der Waals surface area contributed by atoms with Gasteiger partial charge < -0.3 is 30.9 Å². The van der Waals surface area contributed by atoms with E-state index < -0.39 is 54.6 Å². The zero-order valence-electron chi connectivity index (χ0n) is 38.4. The second-order valence-electron chi connectivity index (χ2n) is 16.7. The smallest absolute Gasteiger partial charge is 0.326 e. The van der Waals surface area contributed by atoms with Crippen LogP contribution in [-0.2, 0) is 33.5 Å². The average molecular weight is 886 g/mol. The van der Waals surface area contributed by atoms with Crippen molar-refractivity contribution in [3.8, 4) is 0 Å². The molecule has 2 rings (SSSR count). The minimum atomic E-state index is -1.10. The number of carbonyl (C=O) groups is 6. The molecule has 0 radical (unpaired) electrons. The lowest BCUT2D eigenvalue weighted by Gasteiger charge is -2.34. The molecular weight excluding hydrogens is 819 g/mol. The van der Waals surface area contributed by atoms with E-state index in [0.29, 0.717) is 17.6 Å². The Bertz CT molecular complexity index is 2070. The summed E-state index contributed by atoms with van der Waals surface area (Å²) in [7, 11) is 1.47. The van der Waals surface area contributed by atoms with Crippen LogP contribution in [0.1, 0.15) is 88.0 Å². The average Bonchev–Trinajstić information content (AvgIpc) is 3.21. The van der Waals surface area contributed by atoms with Crippen LogP contribution < -0.4 is 16.0 Å². The first kappa shape index (κ1) is 53.8. The van der Waals surface area contributed by atoms with Gasteiger partial charge in [-0.15, -0.1) is 0 Å². The Balaban J connectivity index is 1.90. The predicted octanol–water partition coefficient (Wildman–Crippen LogP) is 7.05. The van der Waals surface area contributed by atoms with E-state index in [1.807, 2.05) is 134 Å². The summed E-state index contributed by atoms with van der Waals surface area (Å²) < 4.78 is 5.46. The molecule has 0 saturated heterocycles. The van der Waals surface area contributed by atoms with Crippen LogP contribution in [0.25, 0.3) is 0 Å². The second-order valence-corrected chi connectivity index (χ2v) is 17.1. The molecule has 5 atom stereocenters. The van der Waals surface area contributed by atoms with Gasteiger partial charge >= 0.3 is 11.9 Å². The number of esters is 1. The number of carboxylic acid groups (broad SMARTS) is 1. The van der Waals surface area contributed by atoms with Gasteiger partial charge in [0.2, 0.25) is 11.8 Å². The van der Waals surface area contributed by atoms with Gasteiger partial charge in [-0.2, -0.15) is 12.6 Å². The van der Waals surface area contributed by atoms with Crippen molar-refractivity contribution in [1.29, 1.82) is 0 Å². The van der Waals surface area contributed by atoms with Gasteiger partial charge in [0, 0.05) is 12.2 Å². The SMILES string of the molecule is CNC(CCC(=O)NC(CS)C(=O)NCC(=O)OC1CC(C)C(/C=C/C(C)=C/C=C/C(C)=C/C=C/C=C(C)/C=C/C=C(C)/C=C/C2=C(C)C(=O)C(O)CC2(C)C)=C(C)C1=O)C(=O)O. The Hall–Kier alpha value is -5.37. The fraction of sp³-hybridized carbons (Fsp3) is 0.440. The van der Waals surface area contributed by atoms with Gasteiger partial charge in [-0.25, -0.2) is 0 Å². The first-order valence-electron chi connectivity index (χ1n) is 21.2. The van der Waals surface area contributed by atoms with Crippen molar-refractivity contribution in [2.24, 2.45) is 11.3 Å². The number of nitrogens with one attached hydrogen (secondary N) is 3. The van der Waals surface area contributed by atoms with Crippen molar-refractivity contribution in [3.63, 3.8) is 0 Å². The molecule has 0 bridgehead atoms. The molecule has 0 aromatic heterocycles. The third-order valence-electron chi connectivity index (χ3n) is 10.8. The van der Waals surface area contributed by atoms with Crippen molar-refractivity contribution in [2.75, 3.05) is 19.3 Å². The molecule has 12 nitrogen and oxygen atoms in total. The molecule has 0 saturated carbocycles. The first-order chi connectivity index (χ1) is 29.6. The number of rotatable bonds is 21. The quantitative estimate of drug-likeness (QED) is 0.0396. The van der Waals surface area contributed by atoms with Crippen LogP contribution in [0, 0.1) is 11.3 Å². The van der Waals surface area contributed by atoms with Crippen molar-refractivity contribution in [1.82, 2.24) is 16.0 Å². The highest BCUT2D eigenvalue weighted by atomic mass is 32.1. The molecule has 5 N–H and O–H groups in total. The third-order valence-corrected chi connectivity index (χ3v) is 11.2. The van der Waals surface area contributed by atoms with E-state index in [4.69, 9.17) is 9.84 Å². The summed E-state index contributed by atoms with van der Waals surface area (Å²) in [6, 6.07) is -1.97. The molecule has 0 fully saturated rings. The maximum absolute atomic E-state index is 13.2. The van der Waals surface area contributed by atoms with E-state index in [9.17, 15) is 33.9 Å². The summed E-state index contributed by atoms with van der Waals surface area (Å²) in [6.45, 7) is 17.0. The van der Waals surface area contributed by atoms with Crippen LogP contribution in [0.4, 0.5) is 0 Å². The Morgan fingerprint density at radius 1 is 0.825 bits per heavy atom. The highest BCUT2D eigenvalue weighted by Gasteiger charge is 2.37. The molecular formula is C50H67N3O9S. The van der Waals surface area contributed by atoms with E-state index in [-0.39, 0.29) is 47.9 Å². The maximum Gasteiger partial charge on any atom is 0.326 e. The molecule has 2 amide bonds. The molecule has 0 aliphatic heterocycles. The lowest BCUT2D eigenvalue weighted by molar-refractivity contribution is -0.155. The zero-order chi connectivity index (χ0) is 47.4. The number of ether oxygens (including phenoxy) is 1. The molecule has 63 heavy (non-hydrogen) atoms. The fourth-order valence-corrected chi connectivity index (χ4v) is 7.27. The molecule has 0 aromatic rings. The number of hydrogen-bond donors (Lipinski definition) is 6. The number of aliphatic hydroxyl groups excluding tert-OH is 1. The summed E-state index contributed by atoms with van der Waals surface area (Å²) >= 11 is 4.10. The highest BCUT2D eigenvalue weighted by molar-refractivity contribution is 7.80. The number of ketones is 2. The summed E-state index contributed by atoms with van der Waals surface area (Å²) in [4.78, 5) is 74.2. The number of likely N-dealkylation sites (N-methyl/N-ethyl adjacent to an activating group) is 1. The van der Waals surface area contributed by atoms with E-state index in [1.54, 1.807) is 13.8 Å². The standard InChI is InChI=1S/C50H67N3O9S/c1-31(15-11-12-16-32(2)18-14-20-34(4)22-24-39-37(7)46(57)42(54)28-50(39,8)9)17-13-19-33(3)21-23-38-35(5)27-43(47(58)36(38)6)62-45(56)29-52-48(59)41(30-63)53-44(55)26-25-40(51-10)49(60)61/h11-24,35,40-43,51,54,63H,25-30H2,1-10H3,(H,52,59)(H,53,55)(H,60,61)/b12-11+,17-13+,18-14+,23-21+,24-22+,31-15+,32-16+,33-19+,34-20+. The Morgan fingerprint density at radius 3 is 1.90 bits per heavy atom. The monoisotopic (exact) mass is 885 g/mol. The van der Waals surface area contributed by atoms with Crippen LogP contribution in [0.2, 0.25) is 0 Å². The molecule has 0 heterocycles. The van der Waals surface area contributed by atoms with Gasteiger partial charge in [0.1, 0.15) is 24.7 Å². The van der Waals surface area contributed by atoms with Gasteiger partial charge in [-0.05, 0) is 101 Å².